The average molecular weight is 204 g/mol. The second-order valence-corrected chi connectivity index (χ2v) is 4.67. The van der Waals surface area contributed by atoms with Crippen LogP contribution in [0.4, 0.5) is 0 Å². The molecule has 4 nitrogen and oxygen atoms in total. The van der Waals surface area contributed by atoms with E-state index in [1.807, 2.05) is 13.8 Å². The predicted octanol–water partition coefficient (Wildman–Crippen LogP) is 1.28. The Morgan fingerprint density at radius 2 is 2.20 bits per heavy atom. The Labute approximate surface area is 89.7 Å². The van der Waals surface area contributed by atoms with Crippen LogP contribution < -0.4 is 5.73 Å². The molecule has 80 valence electrons. The summed E-state index contributed by atoms with van der Waals surface area (Å²) in [6.07, 6.45) is 3.24. The Morgan fingerprint density at radius 1 is 1.47 bits per heavy atom. The minimum absolute atomic E-state index is 0.471. The molecule has 0 aromatic carbocycles. The highest BCUT2D eigenvalue weighted by Crippen LogP contribution is 2.25. The third kappa shape index (κ3) is 1.64. The summed E-state index contributed by atoms with van der Waals surface area (Å²) in [5.74, 6) is 0.841. The Bertz CT molecular complexity index is 417. The van der Waals surface area contributed by atoms with Crippen LogP contribution in [-0.2, 0) is 18.5 Å². The molecular formula is C11H16N4. The SMILES string of the molecule is CC(C)(N)c1nc(C#N)c2n1CCCC2. The lowest BCUT2D eigenvalue weighted by Gasteiger charge is -2.23. The second-order valence-electron chi connectivity index (χ2n) is 4.67. The van der Waals surface area contributed by atoms with Gasteiger partial charge in [0.15, 0.2) is 5.69 Å². The average Bonchev–Trinajstić information content (AvgIpc) is 2.55. The van der Waals surface area contributed by atoms with Crippen molar-refractivity contribution >= 4 is 0 Å². The molecule has 0 bridgehead atoms. The highest BCUT2D eigenvalue weighted by molar-refractivity contribution is 5.31. The van der Waals surface area contributed by atoms with Gasteiger partial charge in [-0.1, -0.05) is 0 Å². The van der Waals surface area contributed by atoms with Gasteiger partial charge in [0.05, 0.1) is 11.2 Å². The molecule has 1 aliphatic heterocycles. The molecule has 0 atom stereocenters. The Hall–Kier alpha value is -1.34. The van der Waals surface area contributed by atoms with Crippen LogP contribution in [0, 0.1) is 11.3 Å². The highest BCUT2D eigenvalue weighted by Gasteiger charge is 2.27. The summed E-state index contributed by atoms with van der Waals surface area (Å²) >= 11 is 0. The van der Waals surface area contributed by atoms with Crippen LogP contribution in [0.1, 0.15) is 43.9 Å². The Balaban J connectivity index is 2.58. The van der Waals surface area contributed by atoms with Gasteiger partial charge >= 0.3 is 0 Å². The zero-order valence-corrected chi connectivity index (χ0v) is 9.25. The Kier molecular flexibility index (Phi) is 2.28. The minimum Gasteiger partial charge on any atom is -0.329 e. The number of imidazole rings is 1. The molecule has 15 heavy (non-hydrogen) atoms. The molecule has 2 heterocycles. The standard InChI is InChI=1S/C11H16N4/c1-11(2,13)10-14-8(7-12)9-5-3-4-6-15(9)10/h3-6,13H2,1-2H3. The van der Waals surface area contributed by atoms with Crippen LogP contribution >= 0.6 is 0 Å². The fraction of sp³-hybridized carbons (Fsp3) is 0.636. The van der Waals surface area contributed by atoms with E-state index in [9.17, 15) is 0 Å². The van der Waals surface area contributed by atoms with E-state index in [1.54, 1.807) is 0 Å². The zero-order chi connectivity index (χ0) is 11.1. The molecule has 1 aliphatic rings. The monoisotopic (exact) mass is 204 g/mol. The lowest BCUT2D eigenvalue weighted by molar-refractivity contribution is 0.439. The van der Waals surface area contributed by atoms with Gasteiger partial charge in [0.2, 0.25) is 0 Å². The lowest BCUT2D eigenvalue weighted by Crippen LogP contribution is -2.33. The van der Waals surface area contributed by atoms with E-state index < -0.39 is 5.54 Å². The van der Waals surface area contributed by atoms with Gasteiger partial charge in [-0.05, 0) is 33.1 Å². The van der Waals surface area contributed by atoms with E-state index in [1.165, 1.54) is 0 Å². The fourth-order valence-electron chi connectivity index (χ4n) is 2.12. The molecule has 0 saturated carbocycles. The van der Waals surface area contributed by atoms with Crippen LogP contribution in [0.25, 0.3) is 0 Å². The topological polar surface area (TPSA) is 67.6 Å². The maximum Gasteiger partial charge on any atom is 0.162 e. The van der Waals surface area contributed by atoms with Crippen molar-refractivity contribution < 1.29 is 0 Å². The molecule has 0 unspecified atom stereocenters. The molecular weight excluding hydrogens is 188 g/mol. The van der Waals surface area contributed by atoms with E-state index in [0.29, 0.717) is 5.69 Å². The van der Waals surface area contributed by atoms with Crippen LogP contribution in [0.15, 0.2) is 0 Å². The summed E-state index contributed by atoms with van der Waals surface area (Å²) in [5, 5.41) is 9.01. The molecule has 0 radical (unpaired) electrons. The summed E-state index contributed by atoms with van der Waals surface area (Å²) in [4.78, 5) is 4.36. The molecule has 2 N–H and O–H groups in total. The van der Waals surface area contributed by atoms with Gasteiger partial charge in [0.25, 0.3) is 0 Å². The third-order valence-electron chi connectivity index (χ3n) is 2.80. The highest BCUT2D eigenvalue weighted by atomic mass is 15.1. The number of aromatic nitrogens is 2. The number of rotatable bonds is 1. The normalized spacial score (nSPS) is 15.9. The summed E-state index contributed by atoms with van der Waals surface area (Å²) in [6.45, 7) is 4.80. The summed E-state index contributed by atoms with van der Waals surface area (Å²) in [6, 6.07) is 2.16. The largest absolute Gasteiger partial charge is 0.329 e. The first-order valence-corrected chi connectivity index (χ1v) is 5.33. The molecule has 0 spiro atoms. The third-order valence-corrected chi connectivity index (χ3v) is 2.80. The molecule has 0 amide bonds. The number of hydrogen-bond donors (Lipinski definition) is 1. The maximum absolute atomic E-state index is 9.01. The summed E-state index contributed by atoms with van der Waals surface area (Å²) in [7, 11) is 0. The van der Waals surface area contributed by atoms with Crippen LogP contribution in [0.3, 0.4) is 0 Å². The molecule has 2 rings (SSSR count). The van der Waals surface area contributed by atoms with Crippen molar-refractivity contribution in [2.24, 2.45) is 5.73 Å². The first-order valence-electron chi connectivity index (χ1n) is 5.33. The lowest BCUT2D eigenvalue weighted by atomic mass is 10.0. The molecule has 1 aromatic rings. The minimum atomic E-state index is -0.471. The molecule has 0 aliphatic carbocycles. The van der Waals surface area contributed by atoms with Crippen molar-refractivity contribution in [1.82, 2.24) is 9.55 Å². The van der Waals surface area contributed by atoms with E-state index in [0.717, 1.165) is 37.3 Å². The second kappa shape index (κ2) is 3.35. The fourth-order valence-corrected chi connectivity index (χ4v) is 2.12. The first kappa shape index (κ1) is 10.2. The van der Waals surface area contributed by atoms with Crippen molar-refractivity contribution in [2.75, 3.05) is 0 Å². The number of nitrogens with two attached hydrogens (primary N) is 1. The van der Waals surface area contributed by atoms with Crippen molar-refractivity contribution in [2.45, 2.75) is 45.2 Å². The number of nitriles is 1. The van der Waals surface area contributed by atoms with E-state index in [-0.39, 0.29) is 0 Å². The first-order chi connectivity index (χ1) is 7.04. The summed E-state index contributed by atoms with van der Waals surface area (Å²) < 4.78 is 2.13. The van der Waals surface area contributed by atoms with Crippen molar-refractivity contribution in [1.29, 1.82) is 5.26 Å². The van der Waals surface area contributed by atoms with Crippen LogP contribution in [-0.4, -0.2) is 9.55 Å². The molecule has 1 aromatic heterocycles. The van der Waals surface area contributed by atoms with Gasteiger partial charge in [0, 0.05) is 6.54 Å². The van der Waals surface area contributed by atoms with Gasteiger partial charge in [-0.3, -0.25) is 0 Å². The van der Waals surface area contributed by atoms with Gasteiger partial charge in [-0.25, -0.2) is 4.98 Å². The van der Waals surface area contributed by atoms with Crippen molar-refractivity contribution in [3.05, 3.63) is 17.2 Å². The van der Waals surface area contributed by atoms with Gasteiger partial charge < -0.3 is 10.3 Å². The maximum atomic E-state index is 9.01. The smallest absolute Gasteiger partial charge is 0.162 e. The molecule has 4 heteroatoms. The Morgan fingerprint density at radius 3 is 2.80 bits per heavy atom. The zero-order valence-electron chi connectivity index (χ0n) is 9.25. The van der Waals surface area contributed by atoms with E-state index in [4.69, 9.17) is 11.0 Å². The van der Waals surface area contributed by atoms with Crippen LogP contribution in [0.2, 0.25) is 0 Å². The van der Waals surface area contributed by atoms with E-state index >= 15 is 0 Å². The van der Waals surface area contributed by atoms with Crippen molar-refractivity contribution in [3.8, 4) is 6.07 Å². The van der Waals surface area contributed by atoms with Crippen molar-refractivity contribution in [3.63, 3.8) is 0 Å². The summed E-state index contributed by atoms with van der Waals surface area (Å²) in [5.41, 5.74) is 7.21. The quantitative estimate of drug-likeness (QED) is 0.749. The predicted molar refractivity (Wildman–Crippen MR) is 57.1 cm³/mol. The van der Waals surface area contributed by atoms with Gasteiger partial charge in [-0.15, -0.1) is 0 Å². The van der Waals surface area contributed by atoms with Gasteiger partial charge in [-0.2, -0.15) is 5.26 Å². The number of nitrogens with zero attached hydrogens (tertiary/aromatic N) is 3. The van der Waals surface area contributed by atoms with Gasteiger partial charge in [0.1, 0.15) is 11.9 Å². The van der Waals surface area contributed by atoms with Crippen LogP contribution in [0.5, 0.6) is 0 Å². The molecule has 0 saturated heterocycles. The number of hydrogen-bond acceptors (Lipinski definition) is 3. The molecule has 0 fully saturated rings. The number of fused-ring (bicyclic) bond motifs is 1. The van der Waals surface area contributed by atoms with E-state index in [2.05, 4.69) is 15.6 Å².